The van der Waals surface area contributed by atoms with Crippen LogP contribution in [0.15, 0.2) is 65.1 Å². The molecule has 126 valence electrons. The molecule has 6 heteroatoms. The monoisotopic (exact) mass is 350 g/mol. The van der Waals surface area contributed by atoms with E-state index in [2.05, 4.69) is 15.5 Å². The molecule has 0 aliphatic carbocycles. The van der Waals surface area contributed by atoms with Crippen molar-refractivity contribution in [1.29, 1.82) is 0 Å². The molecule has 0 atom stereocenters. The first-order valence-electron chi connectivity index (χ1n) is 7.75. The fourth-order valence-electron chi connectivity index (χ4n) is 2.24. The van der Waals surface area contributed by atoms with Crippen molar-refractivity contribution in [1.82, 2.24) is 9.88 Å². The van der Waals surface area contributed by atoms with Crippen LogP contribution in [0.2, 0.25) is 0 Å². The number of nitrogens with one attached hydrogen (secondary N) is 1. The van der Waals surface area contributed by atoms with Gasteiger partial charge in [0.25, 0.3) is 5.91 Å². The van der Waals surface area contributed by atoms with Crippen LogP contribution in [-0.4, -0.2) is 36.1 Å². The van der Waals surface area contributed by atoms with E-state index in [9.17, 15) is 4.79 Å². The topological polar surface area (TPSA) is 57.6 Å². The maximum Gasteiger partial charge on any atom is 0.253 e. The second kappa shape index (κ2) is 7.72. The Morgan fingerprint density at radius 3 is 2.72 bits per heavy atom. The zero-order valence-corrected chi connectivity index (χ0v) is 14.8. The van der Waals surface area contributed by atoms with E-state index in [-0.39, 0.29) is 5.91 Å². The predicted molar refractivity (Wildman–Crippen MR) is 103 cm³/mol. The van der Waals surface area contributed by atoms with Gasteiger partial charge in [-0.25, -0.2) is 4.98 Å². The summed E-state index contributed by atoms with van der Waals surface area (Å²) in [6, 6.07) is 17.3. The number of hydrazone groups is 1. The molecule has 1 heterocycles. The SMILES string of the molecule is CN(C)C(=O)c1cccc(C=NNc2nc(-c3ccccc3)cs2)c1. The highest BCUT2D eigenvalue weighted by Crippen LogP contribution is 2.24. The van der Waals surface area contributed by atoms with Gasteiger partial charge in [0.05, 0.1) is 11.9 Å². The number of carbonyl (C=O) groups excluding carboxylic acids is 1. The number of rotatable bonds is 5. The van der Waals surface area contributed by atoms with Gasteiger partial charge in [-0.3, -0.25) is 10.2 Å². The van der Waals surface area contributed by atoms with Gasteiger partial charge in [-0.15, -0.1) is 11.3 Å². The third-order valence-electron chi connectivity index (χ3n) is 3.49. The number of anilines is 1. The van der Waals surface area contributed by atoms with Gasteiger partial charge in [0.15, 0.2) is 0 Å². The van der Waals surface area contributed by atoms with E-state index in [4.69, 9.17) is 0 Å². The highest BCUT2D eigenvalue weighted by molar-refractivity contribution is 7.14. The molecule has 0 bridgehead atoms. The summed E-state index contributed by atoms with van der Waals surface area (Å²) in [4.78, 5) is 18.1. The average molecular weight is 350 g/mol. The Kier molecular flexibility index (Phi) is 5.20. The Morgan fingerprint density at radius 1 is 1.16 bits per heavy atom. The molecule has 5 nitrogen and oxygen atoms in total. The molecule has 0 aliphatic heterocycles. The standard InChI is InChI=1S/C19H18N4OS/c1-23(2)18(24)16-10-6-7-14(11-16)12-20-22-19-21-17(13-25-19)15-8-4-3-5-9-15/h3-13H,1-2H3,(H,21,22). The fourth-order valence-corrected chi connectivity index (χ4v) is 2.91. The second-order valence-corrected chi connectivity index (χ2v) is 6.46. The number of thiazole rings is 1. The van der Waals surface area contributed by atoms with E-state index in [0.29, 0.717) is 5.56 Å². The molecule has 0 aliphatic rings. The van der Waals surface area contributed by atoms with Crippen LogP contribution in [0.3, 0.4) is 0 Å². The number of hydrogen-bond donors (Lipinski definition) is 1. The molecule has 3 rings (SSSR count). The lowest BCUT2D eigenvalue weighted by Gasteiger charge is -2.10. The van der Waals surface area contributed by atoms with Crippen molar-refractivity contribution < 1.29 is 4.79 Å². The van der Waals surface area contributed by atoms with E-state index in [1.165, 1.54) is 11.3 Å². The predicted octanol–water partition coefficient (Wildman–Crippen LogP) is 3.96. The molecule has 1 N–H and O–H groups in total. The van der Waals surface area contributed by atoms with Gasteiger partial charge in [0, 0.05) is 30.6 Å². The summed E-state index contributed by atoms with van der Waals surface area (Å²) in [5.74, 6) is -0.0318. The molecule has 0 spiro atoms. The minimum atomic E-state index is -0.0318. The highest BCUT2D eigenvalue weighted by atomic mass is 32.1. The van der Waals surface area contributed by atoms with Crippen molar-refractivity contribution in [2.45, 2.75) is 0 Å². The number of benzene rings is 2. The van der Waals surface area contributed by atoms with Crippen LogP contribution in [-0.2, 0) is 0 Å². The molecule has 0 fully saturated rings. The van der Waals surface area contributed by atoms with Gasteiger partial charge in [-0.2, -0.15) is 5.10 Å². The summed E-state index contributed by atoms with van der Waals surface area (Å²) < 4.78 is 0. The van der Waals surface area contributed by atoms with Crippen molar-refractivity contribution in [3.05, 3.63) is 71.1 Å². The van der Waals surface area contributed by atoms with Crippen LogP contribution in [0.1, 0.15) is 15.9 Å². The van der Waals surface area contributed by atoms with Crippen LogP contribution in [0.4, 0.5) is 5.13 Å². The van der Waals surface area contributed by atoms with E-state index in [1.54, 1.807) is 31.3 Å². The minimum absolute atomic E-state index is 0.0318. The molecule has 25 heavy (non-hydrogen) atoms. The molecule has 0 radical (unpaired) electrons. The first-order valence-corrected chi connectivity index (χ1v) is 8.63. The molecular weight excluding hydrogens is 332 g/mol. The zero-order chi connectivity index (χ0) is 17.6. The molecule has 1 aromatic heterocycles. The summed E-state index contributed by atoms with van der Waals surface area (Å²) in [7, 11) is 3.47. The maximum atomic E-state index is 12.0. The summed E-state index contributed by atoms with van der Waals surface area (Å²) in [6.07, 6.45) is 1.68. The quantitative estimate of drug-likeness (QED) is 0.560. The first kappa shape index (κ1) is 16.9. The number of carbonyl (C=O) groups is 1. The van der Waals surface area contributed by atoms with Gasteiger partial charge in [-0.1, -0.05) is 42.5 Å². The zero-order valence-electron chi connectivity index (χ0n) is 14.0. The van der Waals surface area contributed by atoms with E-state index in [1.807, 2.05) is 53.9 Å². The Hall–Kier alpha value is -2.99. The molecular formula is C19H18N4OS. The van der Waals surface area contributed by atoms with Crippen molar-refractivity contribution in [2.75, 3.05) is 19.5 Å². The molecule has 1 amide bonds. The lowest BCUT2D eigenvalue weighted by atomic mass is 10.1. The Morgan fingerprint density at radius 2 is 1.96 bits per heavy atom. The van der Waals surface area contributed by atoms with Gasteiger partial charge >= 0.3 is 0 Å². The first-order chi connectivity index (χ1) is 12.1. The minimum Gasteiger partial charge on any atom is -0.345 e. The second-order valence-electron chi connectivity index (χ2n) is 5.60. The summed E-state index contributed by atoms with van der Waals surface area (Å²) in [5, 5.41) is 6.92. The molecule has 2 aromatic carbocycles. The number of aromatic nitrogens is 1. The smallest absolute Gasteiger partial charge is 0.253 e. The largest absolute Gasteiger partial charge is 0.345 e. The van der Waals surface area contributed by atoms with Crippen LogP contribution >= 0.6 is 11.3 Å². The van der Waals surface area contributed by atoms with Gasteiger partial charge < -0.3 is 4.90 Å². The fraction of sp³-hybridized carbons (Fsp3) is 0.105. The van der Waals surface area contributed by atoms with E-state index in [0.717, 1.165) is 22.0 Å². The van der Waals surface area contributed by atoms with Crippen LogP contribution < -0.4 is 5.43 Å². The maximum absolute atomic E-state index is 12.0. The average Bonchev–Trinajstić information content (AvgIpc) is 3.11. The van der Waals surface area contributed by atoms with Crippen molar-refractivity contribution in [3.63, 3.8) is 0 Å². The molecule has 3 aromatic rings. The Labute approximate surface area is 150 Å². The normalized spacial score (nSPS) is 10.8. The molecule has 0 unspecified atom stereocenters. The third-order valence-corrected chi connectivity index (χ3v) is 4.23. The van der Waals surface area contributed by atoms with Gasteiger partial charge in [0.2, 0.25) is 5.13 Å². The third kappa shape index (κ3) is 4.30. The highest BCUT2D eigenvalue weighted by Gasteiger charge is 2.07. The van der Waals surface area contributed by atoms with Gasteiger partial charge in [-0.05, 0) is 17.7 Å². The van der Waals surface area contributed by atoms with Crippen LogP contribution in [0, 0.1) is 0 Å². The Balaban J connectivity index is 1.67. The number of amides is 1. The van der Waals surface area contributed by atoms with Crippen LogP contribution in [0.25, 0.3) is 11.3 Å². The lowest BCUT2D eigenvalue weighted by molar-refractivity contribution is 0.0827. The van der Waals surface area contributed by atoms with E-state index < -0.39 is 0 Å². The van der Waals surface area contributed by atoms with Crippen molar-refractivity contribution in [3.8, 4) is 11.3 Å². The number of hydrogen-bond acceptors (Lipinski definition) is 5. The number of nitrogens with zero attached hydrogens (tertiary/aromatic N) is 3. The van der Waals surface area contributed by atoms with E-state index >= 15 is 0 Å². The summed E-state index contributed by atoms with van der Waals surface area (Å²) in [6.45, 7) is 0. The molecule has 0 saturated heterocycles. The Bertz CT molecular complexity index is 887. The van der Waals surface area contributed by atoms with Crippen molar-refractivity contribution >= 4 is 28.6 Å². The van der Waals surface area contributed by atoms with Gasteiger partial charge in [0.1, 0.15) is 0 Å². The summed E-state index contributed by atoms with van der Waals surface area (Å²) in [5.41, 5.74) is 6.41. The summed E-state index contributed by atoms with van der Waals surface area (Å²) >= 11 is 1.49. The lowest BCUT2D eigenvalue weighted by Crippen LogP contribution is -2.21. The molecule has 0 saturated carbocycles. The van der Waals surface area contributed by atoms with Crippen molar-refractivity contribution in [2.24, 2.45) is 5.10 Å². The van der Waals surface area contributed by atoms with Crippen LogP contribution in [0.5, 0.6) is 0 Å².